The molecule has 1 aliphatic carbocycles. The van der Waals surface area contributed by atoms with Crippen molar-refractivity contribution in [3.63, 3.8) is 0 Å². The van der Waals surface area contributed by atoms with Gasteiger partial charge in [0.25, 0.3) is 0 Å². The molecule has 0 bridgehead atoms. The van der Waals surface area contributed by atoms with Crippen molar-refractivity contribution in [1.29, 1.82) is 0 Å². The van der Waals surface area contributed by atoms with E-state index in [1.54, 1.807) is 37.1 Å². The van der Waals surface area contributed by atoms with Crippen LogP contribution in [0.1, 0.15) is 37.8 Å². The topological polar surface area (TPSA) is 111 Å². The Bertz CT molecular complexity index is 1270. The van der Waals surface area contributed by atoms with Gasteiger partial charge in [-0.3, -0.25) is 9.59 Å². The van der Waals surface area contributed by atoms with E-state index >= 15 is 0 Å². The normalized spacial score (nSPS) is 20.1. The number of benzene rings is 2. The molecule has 1 heterocycles. The molecule has 0 radical (unpaired) electrons. The van der Waals surface area contributed by atoms with Crippen LogP contribution in [0, 0.1) is 11.8 Å². The standard InChI is InChI=1S/C29H35F3N4O5/c1-17-14-36(18(2)16-37)26(38)13-20-12-23(33-27(39)19-4-5-19)10-11-24(20)41-25(17)15-35(3)28(40)34-22-8-6-21(7-9-22)29(30,31)32/h6-12,17-19,25,37H,4-5,13-16H2,1-3H3,(H,33,39)(H,34,40)/t17-,18-,25-/m1/s1. The van der Waals surface area contributed by atoms with Crippen LogP contribution in [0.15, 0.2) is 42.5 Å². The lowest BCUT2D eigenvalue weighted by Crippen LogP contribution is -2.48. The summed E-state index contributed by atoms with van der Waals surface area (Å²) in [7, 11) is 1.54. The quantitative estimate of drug-likeness (QED) is 0.454. The average molecular weight is 577 g/mol. The third kappa shape index (κ3) is 7.69. The number of amides is 4. The smallest absolute Gasteiger partial charge is 0.416 e. The molecule has 1 fully saturated rings. The Hall–Kier alpha value is -3.80. The van der Waals surface area contributed by atoms with Gasteiger partial charge >= 0.3 is 12.2 Å². The lowest BCUT2D eigenvalue weighted by molar-refractivity contribution is -0.137. The molecule has 222 valence electrons. The summed E-state index contributed by atoms with van der Waals surface area (Å²) in [4.78, 5) is 41.5. The van der Waals surface area contributed by atoms with Gasteiger partial charge in [-0.2, -0.15) is 13.2 Å². The highest BCUT2D eigenvalue weighted by Crippen LogP contribution is 2.33. The summed E-state index contributed by atoms with van der Waals surface area (Å²) in [6.45, 7) is 3.76. The number of urea groups is 1. The molecule has 1 saturated carbocycles. The highest BCUT2D eigenvalue weighted by Gasteiger charge is 2.33. The summed E-state index contributed by atoms with van der Waals surface area (Å²) in [6.07, 6.45) is -3.36. The number of hydrogen-bond donors (Lipinski definition) is 3. The van der Waals surface area contributed by atoms with E-state index in [9.17, 15) is 32.7 Å². The first-order valence-corrected chi connectivity index (χ1v) is 13.6. The van der Waals surface area contributed by atoms with Gasteiger partial charge in [0.15, 0.2) is 0 Å². The number of carbonyl (C=O) groups is 3. The van der Waals surface area contributed by atoms with Crippen molar-refractivity contribution in [2.45, 2.75) is 51.4 Å². The van der Waals surface area contributed by atoms with E-state index in [1.165, 1.54) is 17.0 Å². The maximum absolute atomic E-state index is 13.3. The second-order valence-corrected chi connectivity index (χ2v) is 10.9. The first kappa shape index (κ1) is 30.2. The number of anilines is 2. The van der Waals surface area contributed by atoms with Crippen molar-refractivity contribution in [3.8, 4) is 5.75 Å². The number of ether oxygens (including phenoxy) is 1. The summed E-state index contributed by atoms with van der Waals surface area (Å²) in [6, 6.07) is 8.27. The molecule has 4 rings (SSSR count). The molecule has 0 unspecified atom stereocenters. The van der Waals surface area contributed by atoms with Crippen LogP contribution in [0.25, 0.3) is 0 Å². The predicted molar refractivity (Wildman–Crippen MR) is 146 cm³/mol. The number of likely N-dealkylation sites (N-methyl/N-ethyl adjacent to an activating group) is 1. The summed E-state index contributed by atoms with van der Waals surface area (Å²) in [5.74, 6) is -0.0939. The van der Waals surface area contributed by atoms with E-state index in [0.717, 1.165) is 25.0 Å². The minimum atomic E-state index is -4.48. The number of carbonyl (C=O) groups excluding carboxylic acids is 3. The third-order valence-electron chi connectivity index (χ3n) is 7.40. The van der Waals surface area contributed by atoms with Gasteiger partial charge in [-0.15, -0.1) is 0 Å². The number of rotatable bonds is 7. The van der Waals surface area contributed by atoms with Gasteiger partial charge in [-0.05, 0) is 62.2 Å². The molecule has 41 heavy (non-hydrogen) atoms. The fourth-order valence-corrected chi connectivity index (χ4v) is 4.63. The van der Waals surface area contributed by atoms with Gasteiger partial charge in [-0.1, -0.05) is 6.92 Å². The Morgan fingerprint density at radius 3 is 2.39 bits per heavy atom. The van der Waals surface area contributed by atoms with Crippen LogP contribution in [0.2, 0.25) is 0 Å². The van der Waals surface area contributed by atoms with Gasteiger partial charge in [0.1, 0.15) is 11.9 Å². The molecule has 3 N–H and O–H groups in total. The molecule has 0 aromatic heterocycles. The number of fused-ring (bicyclic) bond motifs is 1. The summed E-state index contributed by atoms with van der Waals surface area (Å²) < 4.78 is 45.0. The maximum atomic E-state index is 13.3. The van der Waals surface area contributed by atoms with Gasteiger partial charge in [0, 0.05) is 42.4 Å². The molecule has 9 nitrogen and oxygen atoms in total. The Labute approximate surface area is 236 Å². The number of nitrogens with one attached hydrogen (secondary N) is 2. The highest BCUT2D eigenvalue weighted by molar-refractivity contribution is 5.94. The van der Waals surface area contributed by atoms with Crippen molar-refractivity contribution < 1.29 is 37.4 Å². The second kappa shape index (κ2) is 12.4. The van der Waals surface area contributed by atoms with Crippen LogP contribution in [0.4, 0.5) is 29.3 Å². The number of nitrogens with zero attached hydrogens (tertiary/aromatic N) is 2. The van der Waals surface area contributed by atoms with E-state index in [-0.39, 0.29) is 55.5 Å². The van der Waals surface area contributed by atoms with Crippen molar-refractivity contribution in [2.75, 3.05) is 37.4 Å². The molecular weight excluding hydrogens is 541 g/mol. The first-order chi connectivity index (χ1) is 19.3. The lowest BCUT2D eigenvalue weighted by Gasteiger charge is -2.34. The van der Waals surface area contributed by atoms with Crippen LogP contribution in [0.3, 0.4) is 0 Å². The molecule has 0 saturated heterocycles. The number of halogens is 3. The van der Waals surface area contributed by atoms with E-state index in [0.29, 0.717) is 17.0 Å². The fraction of sp³-hybridized carbons (Fsp3) is 0.483. The van der Waals surface area contributed by atoms with Crippen LogP contribution in [-0.4, -0.2) is 71.6 Å². The number of hydrogen-bond acceptors (Lipinski definition) is 5. The van der Waals surface area contributed by atoms with E-state index < -0.39 is 29.9 Å². The Morgan fingerprint density at radius 2 is 1.78 bits per heavy atom. The van der Waals surface area contributed by atoms with E-state index in [4.69, 9.17) is 4.74 Å². The fourth-order valence-electron chi connectivity index (χ4n) is 4.63. The first-order valence-electron chi connectivity index (χ1n) is 13.6. The number of alkyl halides is 3. The second-order valence-electron chi connectivity index (χ2n) is 10.9. The van der Waals surface area contributed by atoms with Crippen LogP contribution >= 0.6 is 0 Å². The van der Waals surface area contributed by atoms with Gasteiger partial charge in [0.2, 0.25) is 11.8 Å². The largest absolute Gasteiger partial charge is 0.488 e. The monoisotopic (exact) mass is 576 g/mol. The summed E-state index contributed by atoms with van der Waals surface area (Å²) in [5, 5.41) is 15.3. The molecule has 2 aliphatic rings. The van der Waals surface area contributed by atoms with Crippen LogP contribution in [-0.2, 0) is 22.2 Å². The Morgan fingerprint density at radius 1 is 1.12 bits per heavy atom. The number of aliphatic hydroxyl groups excluding tert-OH is 1. The predicted octanol–water partition coefficient (Wildman–Crippen LogP) is 4.37. The van der Waals surface area contributed by atoms with Crippen molar-refractivity contribution >= 4 is 29.2 Å². The Kier molecular flexibility index (Phi) is 9.11. The van der Waals surface area contributed by atoms with Crippen molar-refractivity contribution in [3.05, 3.63) is 53.6 Å². The molecule has 4 amide bonds. The van der Waals surface area contributed by atoms with E-state index in [1.807, 2.05) is 6.92 Å². The molecular formula is C29H35F3N4O5. The summed E-state index contributed by atoms with van der Waals surface area (Å²) >= 11 is 0. The minimum Gasteiger partial charge on any atom is -0.488 e. The lowest BCUT2D eigenvalue weighted by atomic mass is 10.0. The van der Waals surface area contributed by atoms with Crippen LogP contribution in [0.5, 0.6) is 5.75 Å². The highest BCUT2D eigenvalue weighted by atomic mass is 19.4. The Balaban J connectivity index is 1.53. The van der Waals surface area contributed by atoms with Gasteiger partial charge in [-0.25, -0.2) is 4.79 Å². The molecule has 2 aromatic rings. The molecule has 12 heteroatoms. The van der Waals surface area contributed by atoms with Gasteiger partial charge in [0.05, 0.1) is 31.2 Å². The minimum absolute atomic E-state index is 0.00347. The zero-order chi connectivity index (χ0) is 29.9. The van der Waals surface area contributed by atoms with E-state index in [2.05, 4.69) is 10.6 Å². The molecule has 0 spiro atoms. The van der Waals surface area contributed by atoms with Crippen LogP contribution < -0.4 is 15.4 Å². The summed E-state index contributed by atoms with van der Waals surface area (Å²) in [5.41, 5.74) is 0.505. The van der Waals surface area contributed by atoms with Crippen molar-refractivity contribution in [2.24, 2.45) is 11.8 Å². The zero-order valence-corrected chi connectivity index (χ0v) is 23.2. The zero-order valence-electron chi connectivity index (χ0n) is 23.2. The number of aliphatic hydroxyl groups is 1. The molecule has 2 aromatic carbocycles. The maximum Gasteiger partial charge on any atom is 0.416 e. The third-order valence-corrected chi connectivity index (χ3v) is 7.40. The molecule has 3 atom stereocenters. The SMILES string of the molecule is C[C@@H]1CN([C@H](C)CO)C(=O)Cc2cc(NC(=O)C3CC3)ccc2O[C@@H]1CN(C)C(=O)Nc1ccc(C(F)(F)F)cc1. The van der Waals surface area contributed by atoms with Gasteiger partial charge < -0.3 is 30.3 Å². The average Bonchev–Trinajstić information content (AvgIpc) is 3.77. The molecule has 1 aliphatic heterocycles. The van der Waals surface area contributed by atoms with Crippen molar-refractivity contribution in [1.82, 2.24) is 9.80 Å².